The van der Waals surface area contributed by atoms with E-state index in [1.54, 1.807) is 43.3 Å². The summed E-state index contributed by atoms with van der Waals surface area (Å²) < 4.78 is 15.9. The Kier molecular flexibility index (Phi) is 4.13. The lowest BCUT2D eigenvalue weighted by Crippen LogP contribution is -2.27. The molecule has 22 heavy (non-hydrogen) atoms. The summed E-state index contributed by atoms with van der Waals surface area (Å²) in [5.74, 6) is 0.792. The van der Waals surface area contributed by atoms with Crippen LogP contribution in [-0.2, 0) is 16.0 Å². The Hall–Kier alpha value is -2.31. The fraction of sp³-hybridized carbons (Fsp3) is 0.188. The summed E-state index contributed by atoms with van der Waals surface area (Å²) >= 11 is 0. The predicted molar refractivity (Wildman–Crippen MR) is 81.3 cm³/mol. The maximum Gasteiger partial charge on any atom is 0.491 e. The van der Waals surface area contributed by atoms with Crippen molar-refractivity contribution in [1.82, 2.24) is 0 Å². The topological polar surface area (TPSA) is 65.0 Å². The van der Waals surface area contributed by atoms with Crippen LogP contribution in [0.5, 0.6) is 11.5 Å². The van der Waals surface area contributed by atoms with E-state index in [9.17, 15) is 9.82 Å². The van der Waals surface area contributed by atoms with Crippen LogP contribution in [-0.4, -0.2) is 24.7 Å². The molecule has 5 nitrogen and oxygen atoms in total. The van der Waals surface area contributed by atoms with E-state index in [1.807, 2.05) is 6.07 Å². The summed E-state index contributed by atoms with van der Waals surface area (Å²) in [6.45, 7) is 2.45. The first-order valence-electron chi connectivity index (χ1n) is 7.05. The highest BCUT2D eigenvalue weighted by Crippen LogP contribution is 2.24. The smallest absolute Gasteiger partial charge is 0.462 e. The van der Waals surface area contributed by atoms with Gasteiger partial charge in [0.05, 0.1) is 18.8 Å². The molecule has 3 rings (SSSR count). The van der Waals surface area contributed by atoms with Gasteiger partial charge in [0.2, 0.25) is 0 Å². The van der Waals surface area contributed by atoms with Gasteiger partial charge in [-0.25, -0.2) is 4.79 Å². The van der Waals surface area contributed by atoms with E-state index in [0.29, 0.717) is 30.3 Å². The van der Waals surface area contributed by atoms with Gasteiger partial charge in [0.1, 0.15) is 11.5 Å². The number of fused-ring (bicyclic) bond motifs is 1. The van der Waals surface area contributed by atoms with Gasteiger partial charge < -0.3 is 19.2 Å². The van der Waals surface area contributed by atoms with Crippen LogP contribution < -0.4 is 10.2 Å². The average Bonchev–Trinajstić information content (AvgIpc) is 2.89. The van der Waals surface area contributed by atoms with E-state index < -0.39 is 7.12 Å². The molecule has 0 aromatic heterocycles. The monoisotopic (exact) mass is 298 g/mol. The number of ether oxygens (including phenoxy) is 2. The van der Waals surface area contributed by atoms with Gasteiger partial charge in [-0.2, -0.15) is 0 Å². The maximum absolute atomic E-state index is 11.7. The van der Waals surface area contributed by atoms with Crippen LogP contribution in [0.4, 0.5) is 0 Å². The molecule has 0 unspecified atom stereocenters. The number of esters is 1. The molecular weight excluding hydrogens is 283 g/mol. The lowest BCUT2D eigenvalue weighted by atomic mass is 9.80. The molecule has 0 amide bonds. The Morgan fingerprint density at radius 3 is 2.91 bits per heavy atom. The first-order valence-corrected chi connectivity index (χ1v) is 7.05. The van der Waals surface area contributed by atoms with Crippen molar-refractivity contribution in [1.29, 1.82) is 0 Å². The summed E-state index contributed by atoms with van der Waals surface area (Å²) in [6, 6.07) is 12.2. The molecule has 1 aliphatic heterocycles. The standard InChI is InChI=1S/C16H15BO5/c1-2-20-16(18)11-4-3-5-13(8-11)22-14-6-7-15-12(9-14)10-21-17(15)19/h3-9,19H,2,10H2,1H3. The number of rotatable bonds is 4. The molecule has 0 radical (unpaired) electrons. The normalized spacial score (nSPS) is 12.9. The fourth-order valence-corrected chi connectivity index (χ4v) is 2.31. The lowest BCUT2D eigenvalue weighted by molar-refractivity contribution is 0.0526. The largest absolute Gasteiger partial charge is 0.491 e. The summed E-state index contributed by atoms with van der Waals surface area (Å²) in [5.41, 5.74) is 2.10. The minimum Gasteiger partial charge on any atom is -0.462 e. The molecular formula is C16H15BO5. The van der Waals surface area contributed by atoms with Gasteiger partial charge in [0.15, 0.2) is 0 Å². The third-order valence-electron chi connectivity index (χ3n) is 3.36. The van der Waals surface area contributed by atoms with Crippen molar-refractivity contribution in [3.05, 3.63) is 53.6 Å². The number of carbonyl (C=O) groups is 1. The number of hydrogen-bond donors (Lipinski definition) is 1. The molecule has 0 fully saturated rings. The molecule has 0 aliphatic carbocycles. The van der Waals surface area contributed by atoms with Crippen LogP contribution >= 0.6 is 0 Å². The van der Waals surface area contributed by atoms with Crippen LogP contribution in [0.2, 0.25) is 0 Å². The van der Waals surface area contributed by atoms with Crippen molar-refractivity contribution < 1.29 is 23.9 Å². The van der Waals surface area contributed by atoms with Crippen molar-refractivity contribution >= 4 is 18.6 Å². The highest BCUT2D eigenvalue weighted by atomic mass is 16.5. The van der Waals surface area contributed by atoms with E-state index in [2.05, 4.69) is 0 Å². The molecule has 2 aromatic carbocycles. The average molecular weight is 298 g/mol. The quantitative estimate of drug-likeness (QED) is 0.689. The van der Waals surface area contributed by atoms with Crippen LogP contribution in [0.25, 0.3) is 0 Å². The Balaban J connectivity index is 1.79. The summed E-state index contributed by atoms with van der Waals surface area (Å²) in [7, 11) is -0.865. The third kappa shape index (κ3) is 2.98. The molecule has 112 valence electrons. The highest BCUT2D eigenvalue weighted by molar-refractivity contribution is 6.61. The van der Waals surface area contributed by atoms with Crippen molar-refractivity contribution in [2.24, 2.45) is 0 Å². The van der Waals surface area contributed by atoms with Crippen molar-refractivity contribution in [3.8, 4) is 11.5 Å². The van der Waals surface area contributed by atoms with Crippen LogP contribution in [0.1, 0.15) is 22.8 Å². The van der Waals surface area contributed by atoms with Crippen molar-refractivity contribution in [2.75, 3.05) is 6.61 Å². The first-order chi connectivity index (χ1) is 10.7. The summed E-state index contributed by atoms with van der Waals surface area (Å²) in [6.07, 6.45) is 0. The van der Waals surface area contributed by atoms with E-state index in [-0.39, 0.29) is 5.97 Å². The Labute approximate surface area is 128 Å². The molecule has 6 heteroatoms. The van der Waals surface area contributed by atoms with Gasteiger partial charge in [-0.1, -0.05) is 12.1 Å². The Bertz CT molecular complexity index is 701. The second-order valence-corrected chi connectivity index (χ2v) is 4.87. The molecule has 1 heterocycles. The van der Waals surface area contributed by atoms with Gasteiger partial charge in [0, 0.05) is 0 Å². The predicted octanol–water partition coefficient (Wildman–Crippen LogP) is 1.87. The van der Waals surface area contributed by atoms with Crippen LogP contribution in [0.15, 0.2) is 42.5 Å². The zero-order chi connectivity index (χ0) is 15.5. The van der Waals surface area contributed by atoms with Gasteiger partial charge in [-0.05, 0) is 48.3 Å². The molecule has 0 bridgehead atoms. The number of carbonyl (C=O) groups excluding carboxylic acids is 1. The zero-order valence-corrected chi connectivity index (χ0v) is 12.1. The number of benzene rings is 2. The Morgan fingerprint density at radius 2 is 2.09 bits per heavy atom. The molecule has 2 aromatic rings. The molecule has 0 atom stereocenters. The van der Waals surface area contributed by atoms with E-state index in [0.717, 1.165) is 11.0 Å². The minimum absolute atomic E-state index is 0.330. The zero-order valence-electron chi connectivity index (χ0n) is 12.1. The van der Waals surface area contributed by atoms with E-state index >= 15 is 0 Å². The first kappa shape index (κ1) is 14.6. The van der Waals surface area contributed by atoms with Gasteiger partial charge >= 0.3 is 13.1 Å². The molecule has 0 saturated carbocycles. The number of hydrogen-bond acceptors (Lipinski definition) is 5. The third-order valence-corrected chi connectivity index (χ3v) is 3.36. The van der Waals surface area contributed by atoms with Crippen LogP contribution in [0, 0.1) is 0 Å². The van der Waals surface area contributed by atoms with Gasteiger partial charge in [-0.3, -0.25) is 0 Å². The second-order valence-electron chi connectivity index (χ2n) is 4.87. The van der Waals surface area contributed by atoms with Crippen LogP contribution in [0.3, 0.4) is 0 Å². The van der Waals surface area contributed by atoms with E-state index in [4.69, 9.17) is 14.1 Å². The van der Waals surface area contributed by atoms with Crippen molar-refractivity contribution in [3.63, 3.8) is 0 Å². The summed E-state index contributed by atoms with van der Waals surface area (Å²) in [5, 5.41) is 9.60. The Morgan fingerprint density at radius 1 is 1.27 bits per heavy atom. The molecule has 1 N–H and O–H groups in total. The summed E-state index contributed by atoms with van der Waals surface area (Å²) in [4.78, 5) is 11.7. The van der Waals surface area contributed by atoms with Gasteiger partial charge in [0.25, 0.3) is 0 Å². The second kappa shape index (κ2) is 6.21. The lowest BCUT2D eigenvalue weighted by Gasteiger charge is -2.09. The highest BCUT2D eigenvalue weighted by Gasteiger charge is 2.27. The molecule has 1 aliphatic rings. The molecule has 0 saturated heterocycles. The fourth-order valence-electron chi connectivity index (χ4n) is 2.31. The van der Waals surface area contributed by atoms with Gasteiger partial charge in [-0.15, -0.1) is 0 Å². The SMILES string of the molecule is CCOC(=O)c1cccc(Oc2ccc3c(c2)COB3O)c1. The van der Waals surface area contributed by atoms with E-state index in [1.165, 1.54) is 0 Å². The van der Waals surface area contributed by atoms with Crippen molar-refractivity contribution in [2.45, 2.75) is 13.5 Å². The maximum atomic E-state index is 11.7. The molecule has 0 spiro atoms. The minimum atomic E-state index is -0.865.